The lowest BCUT2D eigenvalue weighted by molar-refractivity contribution is -0.121. The molecule has 1 heterocycles. The van der Waals surface area contributed by atoms with E-state index >= 15 is 0 Å². The van der Waals surface area contributed by atoms with Crippen molar-refractivity contribution in [3.8, 4) is 0 Å². The van der Waals surface area contributed by atoms with Crippen LogP contribution in [0, 0.1) is 5.82 Å². The van der Waals surface area contributed by atoms with Crippen LogP contribution in [-0.2, 0) is 9.53 Å². The Labute approximate surface area is 124 Å². The molecule has 6 heteroatoms. The number of anilines is 2. The molecule has 2 unspecified atom stereocenters. The summed E-state index contributed by atoms with van der Waals surface area (Å²) in [6.07, 6.45) is 0.973. The number of benzene rings is 1. The predicted molar refractivity (Wildman–Crippen MR) is 80.5 cm³/mol. The molecule has 21 heavy (non-hydrogen) atoms. The molecule has 116 valence electrons. The second kappa shape index (κ2) is 6.87. The molecule has 2 atom stereocenters. The SMILES string of the molecule is CC1CN(C(C)C(=O)Nc2cc(N)ccc2F)CCCO1. The van der Waals surface area contributed by atoms with E-state index < -0.39 is 5.82 Å². The zero-order valence-electron chi connectivity index (χ0n) is 12.4. The summed E-state index contributed by atoms with van der Waals surface area (Å²) in [4.78, 5) is 14.3. The number of hydrogen-bond donors (Lipinski definition) is 2. The molecule has 1 saturated heterocycles. The smallest absolute Gasteiger partial charge is 0.241 e. The maximum Gasteiger partial charge on any atom is 0.241 e. The van der Waals surface area contributed by atoms with Gasteiger partial charge in [-0.05, 0) is 38.5 Å². The molecule has 1 aliphatic rings. The molecule has 0 radical (unpaired) electrons. The summed E-state index contributed by atoms with van der Waals surface area (Å²) in [5, 5.41) is 2.61. The molecule has 1 aromatic carbocycles. The zero-order chi connectivity index (χ0) is 15.4. The van der Waals surface area contributed by atoms with Gasteiger partial charge in [0.25, 0.3) is 0 Å². The lowest BCUT2D eigenvalue weighted by Crippen LogP contribution is -2.44. The number of ether oxygens (including phenoxy) is 1. The van der Waals surface area contributed by atoms with Crippen LogP contribution in [0.25, 0.3) is 0 Å². The summed E-state index contributed by atoms with van der Waals surface area (Å²) in [5.41, 5.74) is 6.15. The van der Waals surface area contributed by atoms with Crippen LogP contribution in [0.5, 0.6) is 0 Å². The molecule has 1 fully saturated rings. The Morgan fingerprint density at radius 3 is 3.10 bits per heavy atom. The van der Waals surface area contributed by atoms with Crippen LogP contribution in [0.15, 0.2) is 18.2 Å². The van der Waals surface area contributed by atoms with Crippen LogP contribution in [0.3, 0.4) is 0 Å². The summed E-state index contributed by atoms with van der Waals surface area (Å²) in [6.45, 7) is 5.99. The summed E-state index contributed by atoms with van der Waals surface area (Å²) >= 11 is 0. The van der Waals surface area contributed by atoms with Gasteiger partial charge in [-0.3, -0.25) is 9.69 Å². The van der Waals surface area contributed by atoms with E-state index in [0.717, 1.165) is 13.0 Å². The topological polar surface area (TPSA) is 67.6 Å². The van der Waals surface area contributed by atoms with Crippen molar-refractivity contribution in [2.24, 2.45) is 0 Å². The van der Waals surface area contributed by atoms with E-state index in [0.29, 0.717) is 18.8 Å². The van der Waals surface area contributed by atoms with Crippen LogP contribution in [0.4, 0.5) is 15.8 Å². The predicted octanol–water partition coefficient (Wildman–Crippen LogP) is 1.85. The minimum Gasteiger partial charge on any atom is -0.399 e. The number of nitrogens with zero attached hydrogens (tertiary/aromatic N) is 1. The normalized spacial score (nSPS) is 21.6. The largest absolute Gasteiger partial charge is 0.399 e. The van der Waals surface area contributed by atoms with Crippen molar-refractivity contribution >= 4 is 17.3 Å². The Bertz CT molecular complexity index is 510. The average molecular weight is 295 g/mol. The molecule has 1 aromatic rings. The van der Waals surface area contributed by atoms with Crippen molar-refractivity contribution < 1.29 is 13.9 Å². The molecule has 5 nitrogen and oxygen atoms in total. The van der Waals surface area contributed by atoms with Gasteiger partial charge in [0.1, 0.15) is 5.82 Å². The van der Waals surface area contributed by atoms with Gasteiger partial charge < -0.3 is 15.8 Å². The van der Waals surface area contributed by atoms with Crippen LogP contribution < -0.4 is 11.1 Å². The van der Waals surface area contributed by atoms with Crippen molar-refractivity contribution in [3.05, 3.63) is 24.0 Å². The van der Waals surface area contributed by atoms with Crippen molar-refractivity contribution in [1.29, 1.82) is 0 Å². The number of halogens is 1. The Hall–Kier alpha value is -1.66. The highest BCUT2D eigenvalue weighted by atomic mass is 19.1. The van der Waals surface area contributed by atoms with E-state index in [1.54, 1.807) is 0 Å². The number of nitrogens with two attached hydrogens (primary N) is 1. The van der Waals surface area contributed by atoms with Gasteiger partial charge in [-0.1, -0.05) is 0 Å². The third kappa shape index (κ3) is 4.15. The molecule has 0 bridgehead atoms. The lowest BCUT2D eigenvalue weighted by Gasteiger charge is -2.27. The third-order valence-corrected chi connectivity index (χ3v) is 3.66. The number of nitrogens with one attached hydrogen (secondary N) is 1. The van der Waals surface area contributed by atoms with Crippen LogP contribution in [-0.4, -0.2) is 42.6 Å². The second-order valence-electron chi connectivity index (χ2n) is 5.43. The Morgan fingerprint density at radius 1 is 1.57 bits per heavy atom. The van der Waals surface area contributed by atoms with Gasteiger partial charge >= 0.3 is 0 Å². The van der Waals surface area contributed by atoms with Crippen molar-refractivity contribution in [2.45, 2.75) is 32.4 Å². The highest BCUT2D eigenvalue weighted by Crippen LogP contribution is 2.18. The Kier molecular flexibility index (Phi) is 5.14. The zero-order valence-corrected chi connectivity index (χ0v) is 12.4. The van der Waals surface area contributed by atoms with E-state index in [1.807, 2.05) is 13.8 Å². The standard InChI is InChI=1S/C15H22FN3O2/c1-10-9-19(6-3-7-21-10)11(2)15(20)18-14-8-12(17)4-5-13(14)16/h4-5,8,10-11H,3,6-7,9,17H2,1-2H3,(H,18,20). The minimum atomic E-state index is -0.489. The van der Waals surface area contributed by atoms with Crippen molar-refractivity contribution in [2.75, 3.05) is 30.7 Å². The van der Waals surface area contributed by atoms with Gasteiger partial charge in [-0.25, -0.2) is 4.39 Å². The van der Waals surface area contributed by atoms with Gasteiger partial charge in [0.2, 0.25) is 5.91 Å². The first-order chi connectivity index (χ1) is 9.97. The van der Waals surface area contributed by atoms with Crippen molar-refractivity contribution in [3.63, 3.8) is 0 Å². The van der Waals surface area contributed by atoms with Gasteiger partial charge in [-0.15, -0.1) is 0 Å². The Balaban J connectivity index is 2.03. The first-order valence-corrected chi connectivity index (χ1v) is 7.19. The fourth-order valence-corrected chi connectivity index (χ4v) is 2.42. The first-order valence-electron chi connectivity index (χ1n) is 7.19. The van der Waals surface area contributed by atoms with Crippen LogP contribution >= 0.6 is 0 Å². The minimum absolute atomic E-state index is 0.0897. The monoisotopic (exact) mass is 295 g/mol. The number of amides is 1. The quantitative estimate of drug-likeness (QED) is 0.835. The van der Waals surface area contributed by atoms with Crippen molar-refractivity contribution in [1.82, 2.24) is 4.90 Å². The number of carbonyl (C=O) groups excluding carboxylic acids is 1. The Morgan fingerprint density at radius 2 is 2.33 bits per heavy atom. The van der Waals surface area contributed by atoms with Crippen LogP contribution in [0.1, 0.15) is 20.3 Å². The summed E-state index contributed by atoms with van der Waals surface area (Å²) < 4.78 is 19.2. The highest BCUT2D eigenvalue weighted by molar-refractivity contribution is 5.95. The number of hydrogen-bond acceptors (Lipinski definition) is 4. The van der Waals surface area contributed by atoms with Gasteiger partial charge in [-0.2, -0.15) is 0 Å². The fraction of sp³-hybridized carbons (Fsp3) is 0.533. The molecule has 1 amide bonds. The van der Waals surface area contributed by atoms with Gasteiger partial charge in [0.15, 0.2) is 0 Å². The van der Waals surface area contributed by atoms with Gasteiger partial charge in [0, 0.05) is 25.4 Å². The summed E-state index contributed by atoms with van der Waals surface area (Å²) in [5.74, 6) is -0.731. The molecule has 2 rings (SSSR count). The maximum absolute atomic E-state index is 13.7. The molecular weight excluding hydrogens is 273 g/mol. The number of nitrogen functional groups attached to an aromatic ring is 1. The van der Waals surface area contributed by atoms with Crippen LogP contribution in [0.2, 0.25) is 0 Å². The second-order valence-corrected chi connectivity index (χ2v) is 5.43. The van der Waals surface area contributed by atoms with Gasteiger partial charge in [0.05, 0.1) is 17.8 Å². The van der Waals surface area contributed by atoms with E-state index in [9.17, 15) is 9.18 Å². The molecule has 0 saturated carbocycles. The third-order valence-electron chi connectivity index (χ3n) is 3.66. The average Bonchev–Trinajstić information content (AvgIpc) is 2.66. The summed E-state index contributed by atoms with van der Waals surface area (Å²) in [7, 11) is 0. The molecule has 0 aliphatic carbocycles. The molecule has 3 N–H and O–H groups in total. The number of carbonyl (C=O) groups is 1. The van der Waals surface area contributed by atoms with E-state index in [4.69, 9.17) is 10.5 Å². The first kappa shape index (κ1) is 15.7. The molecular formula is C15H22FN3O2. The van der Waals surface area contributed by atoms with E-state index in [1.165, 1.54) is 18.2 Å². The summed E-state index contributed by atoms with van der Waals surface area (Å²) in [6, 6.07) is 3.78. The molecule has 0 spiro atoms. The number of rotatable bonds is 3. The highest BCUT2D eigenvalue weighted by Gasteiger charge is 2.25. The maximum atomic E-state index is 13.7. The lowest BCUT2D eigenvalue weighted by atomic mass is 10.2. The van der Waals surface area contributed by atoms with E-state index in [-0.39, 0.29) is 23.7 Å². The molecule has 1 aliphatic heterocycles. The van der Waals surface area contributed by atoms with E-state index in [2.05, 4.69) is 10.2 Å². The fourth-order valence-electron chi connectivity index (χ4n) is 2.42. The molecule has 0 aromatic heterocycles.